The molecule has 4 nitrogen and oxygen atoms in total. The number of phenols is 1. The molecule has 0 aliphatic rings. The molecular formula is C18H18BrClN2O2. The van der Waals surface area contributed by atoms with Gasteiger partial charge in [-0.3, -0.25) is 9.79 Å². The number of nitrogens with zero attached hydrogens (tertiary/aromatic N) is 1. The number of hydrogen-bond acceptors (Lipinski definition) is 3. The summed E-state index contributed by atoms with van der Waals surface area (Å²) in [4.78, 5) is 16.0. The lowest BCUT2D eigenvalue weighted by molar-refractivity contribution is -0.116. The third kappa shape index (κ3) is 4.82. The molecule has 0 bridgehead atoms. The van der Waals surface area contributed by atoms with Crippen molar-refractivity contribution in [3.05, 3.63) is 51.0 Å². The number of rotatable bonds is 5. The van der Waals surface area contributed by atoms with Crippen molar-refractivity contribution in [2.45, 2.75) is 26.7 Å². The van der Waals surface area contributed by atoms with Crippen LogP contribution in [0.4, 0.5) is 11.4 Å². The Morgan fingerprint density at radius 2 is 2.12 bits per heavy atom. The molecule has 2 aromatic rings. The Kier molecular flexibility index (Phi) is 6.40. The normalized spacial score (nSPS) is 11.0. The van der Waals surface area contributed by atoms with Crippen LogP contribution in [0, 0.1) is 6.92 Å². The lowest BCUT2D eigenvalue weighted by atomic mass is 10.1. The van der Waals surface area contributed by atoms with E-state index in [-0.39, 0.29) is 11.7 Å². The van der Waals surface area contributed by atoms with Gasteiger partial charge in [-0.2, -0.15) is 0 Å². The molecule has 126 valence electrons. The van der Waals surface area contributed by atoms with E-state index >= 15 is 0 Å². The predicted octanol–water partition coefficient (Wildman–Crippen LogP) is 5.61. The zero-order valence-electron chi connectivity index (χ0n) is 13.4. The third-order valence-corrected chi connectivity index (χ3v) is 4.21. The molecule has 0 atom stereocenters. The molecule has 6 heteroatoms. The maximum atomic E-state index is 11.7. The minimum absolute atomic E-state index is 0.0463. The van der Waals surface area contributed by atoms with Crippen molar-refractivity contribution in [1.82, 2.24) is 0 Å². The van der Waals surface area contributed by atoms with Crippen LogP contribution in [-0.2, 0) is 4.79 Å². The van der Waals surface area contributed by atoms with Crippen molar-refractivity contribution in [2.24, 2.45) is 4.99 Å². The first kappa shape index (κ1) is 18.5. The van der Waals surface area contributed by atoms with Gasteiger partial charge in [0.05, 0.1) is 15.2 Å². The molecule has 2 aromatic carbocycles. The highest BCUT2D eigenvalue weighted by atomic mass is 79.9. The fourth-order valence-corrected chi connectivity index (χ4v) is 2.90. The Bertz CT molecular complexity index is 791. The average Bonchev–Trinajstić information content (AvgIpc) is 2.52. The van der Waals surface area contributed by atoms with Crippen LogP contribution in [0.5, 0.6) is 5.75 Å². The average molecular weight is 410 g/mol. The van der Waals surface area contributed by atoms with E-state index in [0.717, 1.165) is 12.0 Å². The summed E-state index contributed by atoms with van der Waals surface area (Å²) in [7, 11) is 0. The number of anilines is 1. The number of halogens is 2. The highest BCUT2D eigenvalue weighted by Crippen LogP contribution is 2.31. The Morgan fingerprint density at radius 3 is 2.83 bits per heavy atom. The van der Waals surface area contributed by atoms with Crippen molar-refractivity contribution in [2.75, 3.05) is 5.32 Å². The number of aromatic hydroxyl groups is 1. The molecule has 0 saturated heterocycles. The highest BCUT2D eigenvalue weighted by molar-refractivity contribution is 9.10. The molecule has 0 aliphatic carbocycles. The molecule has 0 fully saturated rings. The number of aryl methyl sites for hydroxylation is 1. The van der Waals surface area contributed by atoms with Gasteiger partial charge in [0.25, 0.3) is 0 Å². The molecule has 24 heavy (non-hydrogen) atoms. The van der Waals surface area contributed by atoms with Gasteiger partial charge in [-0.15, -0.1) is 0 Å². The van der Waals surface area contributed by atoms with E-state index in [1.54, 1.807) is 24.4 Å². The maximum Gasteiger partial charge on any atom is 0.224 e. The first-order valence-electron chi connectivity index (χ1n) is 7.53. The maximum absolute atomic E-state index is 11.7. The smallest absolute Gasteiger partial charge is 0.224 e. The van der Waals surface area contributed by atoms with Crippen molar-refractivity contribution in [1.29, 1.82) is 0 Å². The van der Waals surface area contributed by atoms with Gasteiger partial charge in [0.2, 0.25) is 5.91 Å². The van der Waals surface area contributed by atoms with E-state index in [2.05, 4.69) is 26.2 Å². The second-order valence-corrected chi connectivity index (χ2v) is 6.67. The summed E-state index contributed by atoms with van der Waals surface area (Å²) in [5.74, 6) is 0.0721. The van der Waals surface area contributed by atoms with Crippen LogP contribution in [0.15, 0.2) is 39.8 Å². The fourth-order valence-electron chi connectivity index (χ4n) is 2.14. The Balaban J connectivity index is 2.27. The number of carbonyl (C=O) groups is 1. The standard InChI is InChI=1S/C18H18BrClN2O2/c1-3-4-17(23)22-13-5-6-15(20)16(9-13)21-10-12-7-11(2)8-14(19)18(12)24/h5-10,24H,3-4H2,1-2H3,(H,22,23). The third-order valence-electron chi connectivity index (χ3n) is 3.29. The quantitative estimate of drug-likeness (QED) is 0.631. The summed E-state index contributed by atoms with van der Waals surface area (Å²) >= 11 is 9.47. The number of carbonyl (C=O) groups excluding carboxylic acids is 1. The Morgan fingerprint density at radius 1 is 1.38 bits per heavy atom. The van der Waals surface area contributed by atoms with Gasteiger partial charge in [-0.05, 0) is 65.2 Å². The summed E-state index contributed by atoms with van der Waals surface area (Å²) in [5.41, 5.74) is 2.73. The predicted molar refractivity (Wildman–Crippen MR) is 103 cm³/mol. The summed E-state index contributed by atoms with van der Waals surface area (Å²) < 4.78 is 0.607. The number of benzene rings is 2. The molecule has 0 aliphatic heterocycles. The molecular weight excluding hydrogens is 392 g/mol. The SMILES string of the molecule is CCCC(=O)Nc1ccc(Cl)c(N=Cc2cc(C)cc(Br)c2O)c1. The number of phenolic OH excluding ortho intramolecular Hbond substituents is 1. The number of aliphatic imine (C=N–C) groups is 1. The number of nitrogens with one attached hydrogen (secondary N) is 1. The molecule has 0 heterocycles. The van der Waals surface area contributed by atoms with Gasteiger partial charge in [0.15, 0.2) is 0 Å². The number of hydrogen-bond donors (Lipinski definition) is 2. The van der Waals surface area contributed by atoms with Gasteiger partial charge in [0, 0.05) is 23.9 Å². The first-order chi connectivity index (χ1) is 11.4. The molecule has 0 unspecified atom stereocenters. The summed E-state index contributed by atoms with van der Waals surface area (Å²) in [6.07, 6.45) is 2.80. The second kappa shape index (κ2) is 8.31. The minimum Gasteiger partial charge on any atom is -0.506 e. The van der Waals surface area contributed by atoms with Crippen molar-refractivity contribution >= 4 is 51.0 Å². The van der Waals surface area contributed by atoms with Crippen LogP contribution in [0.25, 0.3) is 0 Å². The second-order valence-electron chi connectivity index (χ2n) is 5.41. The van der Waals surface area contributed by atoms with E-state index in [4.69, 9.17) is 11.6 Å². The van der Waals surface area contributed by atoms with E-state index < -0.39 is 0 Å². The molecule has 0 saturated carbocycles. The van der Waals surface area contributed by atoms with Crippen molar-refractivity contribution in [3.8, 4) is 5.75 Å². The lowest BCUT2D eigenvalue weighted by Gasteiger charge is -2.07. The Labute approximate surface area is 154 Å². The van der Waals surface area contributed by atoms with Crippen LogP contribution < -0.4 is 5.32 Å². The van der Waals surface area contributed by atoms with Crippen molar-refractivity contribution < 1.29 is 9.90 Å². The minimum atomic E-state index is -0.0463. The van der Waals surface area contributed by atoms with Gasteiger partial charge in [0.1, 0.15) is 5.75 Å². The molecule has 0 radical (unpaired) electrons. The Hall–Kier alpha value is -1.85. The van der Waals surface area contributed by atoms with Crippen LogP contribution >= 0.6 is 27.5 Å². The van der Waals surface area contributed by atoms with Gasteiger partial charge < -0.3 is 10.4 Å². The molecule has 2 N–H and O–H groups in total. The lowest BCUT2D eigenvalue weighted by Crippen LogP contribution is -2.10. The largest absolute Gasteiger partial charge is 0.506 e. The van der Waals surface area contributed by atoms with E-state index in [9.17, 15) is 9.90 Å². The summed E-state index contributed by atoms with van der Waals surface area (Å²) in [6, 6.07) is 8.76. The monoisotopic (exact) mass is 408 g/mol. The van der Waals surface area contributed by atoms with E-state index in [1.807, 2.05) is 26.0 Å². The van der Waals surface area contributed by atoms with Crippen LogP contribution in [0.2, 0.25) is 5.02 Å². The molecule has 0 aromatic heterocycles. The molecule has 0 spiro atoms. The van der Waals surface area contributed by atoms with Crippen LogP contribution in [0.1, 0.15) is 30.9 Å². The van der Waals surface area contributed by atoms with Gasteiger partial charge >= 0.3 is 0 Å². The first-order valence-corrected chi connectivity index (χ1v) is 8.70. The topological polar surface area (TPSA) is 61.7 Å². The summed E-state index contributed by atoms with van der Waals surface area (Å²) in [5, 5.41) is 13.3. The van der Waals surface area contributed by atoms with Gasteiger partial charge in [-0.1, -0.05) is 18.5 Å². The summed E-state index contributed by atoms with van der Waals surface area (Å²) in [6.45, 7) is 3.88. The van der Waals surface area contributed by atoms with Gasteiger partial charge in [-0.25, -0.2) is 0 Å². The highest BCUT2D eigenvalue weighted by Gasteiger charge is 2.07. The zero-order valence-corrected chi connectivity index (χ0v) is 15.8. The van der Waals surface area contributed by atoms with Crippen LogP contribution in [0.3, 0.4) is 0 Å². The molecule has 1 amide bonds. The van der Waals surface area contributed by atoms with Crippen molar-refractivity contribution in [3.63, 3.8) is 0 Å². The number of amides is 1. The fraction of sp³-hybridized carbons (Fsp3) is 0.222. The van der Waals surface area contributed by atoms with Crippen LogP contribution in [-0.4, -0.2) is 17.2 Å². The van der Waals surface area contributed by atoms with E-state index in [0.29, 0.717) is 32.9 Å². The molecule has 2 rings (SSSR count). The zero-order chi connectivity index (χ0) is 17.7. The van der Waals surface area contributed by atoms with E-state index in [1.165, 1.54) is 0 Å².